The van der Waals surface area contributed by atoms with Crippen LogP contribution in [0, 0.1) is 0 Å². The molecule has 2 rings (SSSR count). The van der Waals surface area contributed by atoms with E-state index in [0.29, 0.717) is 5.96 Å². The van der Waals surface area contributed by atoms with Crippen LogP contribution >= 0.6 is 11.3 Å². The molecule has 100 valence electrons. The highest BCUT2D eigenvalue weighted by Crippen LogP contribution is 2.26. The van der Waals surface area contributed by atoms with E-state index in [0.717, 1.165) is 37.7 Å². The summed E-state index contributed by atoms with van der Waals surface area (Å²) >= 11 is 1.68. The molecule has 0 saturated heterocycles. The third kappa shape index (κ3) is 2.81. The molecule has 6 heteroatoms. The standard InChI is InChI=1S/C12H21N5S/c1-3-16(4-2)6-7-17-10(9-15-12(17)13)11-14-5-8-18-11/h5,8,10H,3-4,6-7,9H2,1-2H3,(H2,13,15). The van der Waals surface area contributed by atoms with Crippen molar-refractivity contribution in [2.75, 3.05) is 32.7 Å². The predicted octanol–water partition coefficient (Wildman–Crippen LogP) is 1.16. The van der Waals surface area contributed by atoms with E-state index in [-0.39, 0.29) is 6.04 Å². The van der Waals surface area contributed by atoms with Gasteiger partial charge in [-0.15, -0.1) is 11.3 Å². The van der Waals surface area contributed by atoms with Crippen LogP contribution in [-0.4, -0.2) is 53.5 Å². The monoisotopic (exact) mass is 267 g/mol. The lowest BCUT2D eigenvalue weighted by molar-refractivity contribution is 0.248. The van der Waals surface area contributed by atoms with Gasteiger partial charge in [0.2, 0.25) is 0 Å². The molecular weight excluding hydrogens is 246 g/mol. The lowest BCUT2D eigenvalue weighted by Gasteiger charge is -2.28. The third-order valence-electron chi connectivity index (χ3n) is 3.38. The number of likely N-dealkylation sites (N-methyl/N-ethyl adjacent to an activating group) is 1. The number of aliphatic imine (C=N–C) groups is 1. The van der Waals surface area contributed by atoms with Gasteiger partial charge in [-0.25, -0.2) is 4.98 Å². The average molecular weight is 267 g/mol. The third-order valence-corrected chi connectivity index (χ3v) is 4.26. The van der Waals surface area contributed by atoms with Crippen LogP contribution in [0.3, 0.4) is 0 Å². The molecule has 0 aromatic carbocycles. The number of hydrogen-bond donors (Lipinski definition) is 1. The van der Waals surface area contributed by atoms with Crippen molar-refractivity contribution >= 4 is 17.3 Å². The van der Waals surface area contributed by atoms with Crippen molar-refractivity contribution in [2.24, 2.45) is 10.7 Å². The number of nitrogens with zero attached hydrogens (tertiary/aromatic N) is 4. The van der Waals surface area contributed by atoms with Gasteiger partial charge in [-0.2, -0.15) is 0 Å². The van der Waals surface area contributed by atoms with Gasteiger partial charge in [0.1, 0.15) is 11.0 Å². The molecule has 0 radical (unpaired) electrons. The minimum Gasteiger partial charge on any atom is -0.370 e. The Bertz CT molecular complexity index is 385. The summed E-state index contributed by atoms with van der Waals surface area (Å²) in [4.78, 5) is 13.3. The van der Waals surface area contributed by atoms with Gasteiger partial charge < -0.3 is 15.5 Å². The molecule has 18 heavy (non-hydrogen) atoms. The first kappa shape index (κ1) is 13.3. The number of rotatable bonds is 6. The van der Waals surface area contributed by atoms with E-state index < -0.39 is 0 Å². The summed E-state index contributed by atoms with van der Waals surface area (Å²) in [5.74, 6) is 0.655. The van der Waals surface area contributed by atoms with Gasteiger partial charge in [-0.1, -0.05) is 13.8 Å². The molecule has 2 N–H and O–H groups in total. The van der Waals surface area contributed by atoms with Crippen LogP contribution in [-0.2, 0) is 0 Å². The summed E-state index contributed by atoms with van der Waals surface area (Å²) in [6.07, 6.45) is 1.84. The highest BCUT2D eigenvalue weighted by Gasteiger charge is 2.29. The lowest BCUT2D eigenvalue weighted by atomic mass is 10.3. The molecule has 5 nitrogen and oxygen atoms in total. The minimum absolute atomic E-state index is 0.237. The first-order chi connectivity index (χ1) is 8.76. The Labute approximate surface area is 112 Å². The van der Waals surface area contributed by atoms with Crippen molar-refractivity contribution in [3.63, 3.8) is 0 Å². The number of guanidine groups is 1. The molecule has 1 aliphatic rings. The summed E-state index contributed by atoms with van der Waals surface area (Å²) in [7, 11) is 0. The maximum absolute atomic E-state index is 5.98. The Morgan fingerprint density at radius 1 is 1.50 bits per heavy atom. The summed E-state index contributed by atoms with van der Waals surface area (Å²) < 4.78 is 0. The van der Waals surface area contributed by atoms with E-state index in [1.807, 2.05) is 11.6 Å². The number of hydrogen-bond acceptors (Lipinski definition) is 6. The lowest BCUT2D eigenvalue weighted by Crippen LogP contribution is -2.41. The molecule has 0 amide bonds. The van der Waals surface area contributed by atoms with Crippen molar-refractivity contribution in [1.82, 2.24) is 14.8 Å². The molecule has 1 aliphatic heterocycles. The fourth-order valence-electron chi connectivity index (χ4n) is 2.20. The second-order valence-electron chi connectivity index (χ2n) is 4.31. The van der Waals surface area contributed by atoms with E-state index >= 15 is 0 Å². The topological polar surface area (TPSA) is 57.8 Å². The van der Waals surface area contributed by atoms with Crippen LogP contribution < -0.4 is 5.73 Å². The van der Waals surface area contributed by atoms with Crippen molar-refractivity contribution in [3.05, 3.63) is 16.6 Å². The number of nitrogens with two attached hydrogens (primary N) is 1. The Balaban J connectivity index is 1.97. The van der Waals surface area contributed by atoms with Crippen LogP contribution in [0.1, 0.15) is 24.9 Å². The smallest absolute Gasteiger partial charge is 0.192 e. The van der Waals surface area contributed by atoms with E-state index in [4.69, 9.17) is 5.73 Å². The van der Waals surface area contributed by atoms with Crippen LogP contribution in [0.15, 0.2) is 16.6 Å². The quantitative estimate of drug-likeness (QED) is 0.840. The number of aromatic nitrogens is 1. The van der Waals surface area contributed by atoms with Crippen molar-refractivity contribution in [1.29, 1.82) is 0 Å². The maximum Gasteiger partial charge on any atom is 0.192 e. The molecular formula is C12H21N5S. The van der Waals surface area contributed by atoms with E-state index in [9.17, 15) is 0 Å². The Hall–Kier alpha value is -1.14. The first-order valence-electron chi connectivity index (χ1n) is 6.44. The number of thiazole rings is 1. The van der Waals surface area contributed by atoms with Crippen LogP contribution in [0.25, 0.3) is 0 Å². The second-order valence-corrected chi connectivity index (χ2v) is 5.23. The zero-order chi connectivity index (χ0) is 13.0. The summed E-state index contributed by atoms with van der Waals surface area (Å²) in [6, 6.07) is 0.237. The van der Waals surface area contributed by atoms with Gasteiger partial charge in [-0.3, -0.25) is 4.99 Å². The van der Waals surface area contributed by atoms with E-state index in [1.54, 1.807) is 11.3 Å². The van der Waals surface area contributed by atoms with Crippen molar-refractivity contribution < 1.29 is 0 Å². The minimum atomic E-state index is 0.237. The van der Waals surface area contributed by atoms with Gasteiger partial charge in [-0.05, 0) is 13.1 Å². The van der Waals surface area contributed by atoms with Gasteiger partial charge in [0.05, 0.1) is 6.54 Å². The normalized spacial score (nSPS) is 19.6. The second kappa shape index (κ2) is 6.15. The van der Waals surface area contributed by atoms with Gasteiger partial charge in [0.15, 0.2) is 5.96 Å². The average Bonchev–Trinajstić information content (AvgIpc) is 3.00. The van der Waals surface area contributed by atoms with Crippen LogP contribution in [0.2, 0.25) is 0 Å². The predicted molar refractivity (Wildman–Crippen MR) is 75.8 cm³/mol. The zero-order valence-corrected chi connectivity index (χ0v) is 11.9. The van der Waals surface area contributed by atoms with Crippen molar-refractivity contribution in [3.8, 4) is 0 Å². The van der Waals surface area contributed by atoms with Crippen molar-refractivity contribution in [2.45, 2.75) is 19.9 Å². The molecule has 1 aromatic heterocycles. The Morgan fingerprint density at radius 3 is 2.89 bits per heavy atom. The molecule has 0 spiro atoms. The van der Waals surface area contributed by atoms with Crippen LogP contribution in [0.5, 0.6) is 0 Å². The molecule has 1 aromatic rings. The molecule has 0 fully saturated rings. The van der Waals surface area contributed by atoms with E-state index in [1.165, 1.54) is 0 Å². The molecule has 1 unspecified atom stereocenters. The molecule has 0 aliphatic carbocycles. The van der Waals surface area contributed by atoms with Gasteiger partial charge in [0.25, 0.3) is 0 Å². The Kier molecular flexibility index (Phi) is 4.54. The maximum atomic E-state index is 5.98. The summed E-state index contributed by atoms with van der Waals surface area (Å²) in [6.45, 7) is 9.18. The zero-order valence-electron chi connectivity index (χ0n) is 11.0. The fraction of sp³-hybridized carbons (Fsp3) is 0.667. The summed E-state index contributed by atoms with van der Waals surface area (Å²) in [5, 5.41) is 3.12. The Morgan fingerprint density at radius 2 is 2.28 bits per heavy atom. The molecule has 0 saturated carbocycles. The molecule has 1 atom stereocenters. The first-order valence-corrected chi connectivity index (χ1v) is 7.32. The van der Waals surface area contributed by atoms with Gasteiger partial charge in [0, 0.05) is 24.7 Å². The molecule has 2 heterocycles. The van der Waals surface area contributed by atoms with E-state index in [2.05, 4.69) is 33.6 Å². The molecule has 0 bridgehead atoms. The van der Waals surface area contributed by atoms with Crippen LogP contribution in [0.4, 0.5) is 0 Å². The summed E-state index contributed by atoms with van der Waals surface area (Å²) in [5.41, 5.74) is 5.98. The fourth-order valence-corrected chi connectivity index (χ4v) is 2.94. The SMILES string of the molecule is CCN(CC)CCN1C(N)=NCC1c1nccs1. The van der Waals surface area contributed by atoms with Gasteiger partial charge >= 0.3 is 0 Å². The highest BCUT2D eigenvalue weighted by molar-refractivity contribution is 7.09. The largest absolute Gasteiger partial charge is 0.370 e. The highest BCUT2D eigenvalue weighted by atomic mass is 32.1.